The number of rotatable bonds is 2. The highest BCUT2D eigenvalue weighted by atomic mass is 15.1. The molecule has 0 aliphatic carbocycles. The molecule has 2 aliphatic heterocycles. The van der Waals surface area contributed by atoms with Crippen molar-refractivity contribution in [3.05, 3.63) is 35.4 Å². The van der Waals surface area contributed by atoms with E-state index in [1.165, 1.54) is 38.0 Å². The highest BCUT2D eigenvalue weighted by Gasteiger charge is 2.30. The van der Waals surface area contributed by atoms with Crippen LogP contribution in [0.5, 0.6) is 0 Å². The van der Waals surface area contributed by atoms with Crippen molar-refractivity contribution in [2.45, 2.75) is 46.1 Å². The fourth-order valence-electron chi connectivity index (χ4n) is 4.04. The average Bonchev–Trinajstić information content (AvgIpc) is 2.47. The molecule has 116 valence electrons. The van der Waals surface area contributed by atoms with Crippen LogP contribution in [0.3, 0.4) is 0 Å². The van der Waals surface area contributed by atoms with Crippen LogP contribution in [0.25, 0.3) is 0 Å². The van der Waals surface area contributed by atoms with E-state index in [1.807, 2.05) is 0 Å². The lowest BCUT2D eigenvalue weighted by Gasteiger charge is -2.40. The van der Waals surface area contributed by atoms with Gasteiger partial charge in [0.25, 0.3) is 0 Å². The Morgan fingerprint density at radius 2 is 1.86 bits per heavy atom. The predicted molar refractivity (Wildman–Crippen MR) is 89.5 cm³/mol. The van der Waals surface area contributed by atoms with Gasteiger partial charge in [-0.25, -0.2) is 0 Å². The number of piperidine rings is 1. The fourth-order valence-corrected chi connectivity index (χ4v) is 4.04. The highest BCUT2D eigenvalue weighted by molar-refractivity contribution is 5.32. The maximum Gasteiger partial charge on any atom is 0.0208 e. The Morgan fingerprint density at radius 3 is 2.57 bits per heavy atom. The molecule has 1 saturated heterocycles. The predicted octanol–water partition coefficient (Wildman–Crippen LogP) is 3.63. The lowest BCUT2D eigenvalue weighted by atomic mass is 9.75. The Hall–Kier alpha value is -0.860. The Bertz CT molecular complexity index is 467. The van der Waals surface area contributed by atoms with Gasteiger partial charge in [-0.2, -0.15) is 0 Å². The first-order valence-corrected chi connectivity index (χ1v) is 8.55. The van der Waals surface area contributed by atoms with Crippen molar-refractivity contribution < 1.29 is 0 Å². The lowest BCUT2D eigenvalue weighted by molar-refractivity contribution is 0.107. The summed E-state index contributed by atoms with van der Waals surface area (Å²) in [7, 11) is 0. The van der Waals surface area contributed by atoms with Crippen molar-refractivity contribution in [3.8, 4) is 0 Å². The number of hydrogen-bond donors (Lipinski definition) is 1. The average molecular weight is 286 g/mol. The SMILES string of the molecule is CC(C)(C)C1CCN(CC2CNCc3ccccc32)CC1. The van der Waals surface area contributed by atoms with Gasteiger partial charge < -0.3 is 10.2 Å². The van der Waals surface area contributed by atoms with Crippen LogP contribution in [0.1, 0.15) is 50.7 Å². The van der Waals surface area contributed by atoms with E-state index in [-0.39, 0.29) is 0 Å². The summed E-state index contributed by atoms with van der Waals surface area (Å²) in [6, 6.07) is 8.98. The zero-order chi connectivity index (χ0) is 14.9. The summed E-state index contributed by atoms with van der Waals surface area (Å²) in [6.07, 6.45) is 2.73. The minimum absolute atomic E-state index is 0.477. The summed E-state index contributed by atoms with van der Waals surface area (Å²) in [5, 5.41) is 3.59. The molecule has 21 heavy (non-hydrogen) atoms. The molecule has 1 aromatic rings. The number of likely N-dealkylation sites (tertiary alicyclic amines) is 1. The zero-order valence-electron chi connectivity index (χ0n) is 13.9. The van der Waals surface area contributed by atoms with E-state index in [0.29, 0.717) is 11.3 Å². The van der Waals surface area contributed by atoms with Crippen molar-refractivity contribution in [1.82, 2.24) is 10.2 Å². The van der Waals surface area contributed by atoms with Gasteiger partial charge in [-0.1, -0.05) is 45.0 Å². The van der Waals surface area contributed by atoms with Crippen LogP contribution in [0.2, 0.25) is 0 Å². The first kappa shape index (κ1) is 15.1. The first-order valence-electron chi connectivity index (χ1n) is 8.55. The van der Waals surface area contributed by atoms with Crippen molar-refractivity contribution in [2.75, 3.05) is 26.2 Å². The molecule has 0 bridgehead atoms. The summed E-state index contributed by atoms with van der Waals surface area (Å²) in [5.41, 5.74) is 3.55. The lowest BCUT2D eigenvalue weighted by Crippen LogP contribution is -2.42. The number of benzene rings is 1. The Balaban J connectivity index is 1.59. The number of nitrogens with one attached hydrogen (secondary N) is 1. The van der Waals surface area contributed by atoms with E-state index < -0.39 is 0 Å². The largest absolute Gasteiger partial charge is 0.312 e. The van der Waals surface area contributed by atoms with E-state index in [9.17, 15) is 0 Å². The third-order valence-corrected chi connectivity index (χ3v) is 5.49. The molecule has 0 spiro atoms. The van der Waals surface area contributed by atoms with Crippen molar-refractivity contribution in [2.24, 2.45) is 11.3 Å². The van der Waals surface area contributed by atoms with Crippen LogP contribution in [-0.4, -0.2) is 31.1 Å². The summed E-state index contributed by atoms with van der Waals surface area (Å²) < 4.78 is 0. The first-order chi connectivity index (χ1) is 10.0. The van der Waals surface area contributed by atoms with Gasteiger partial charge in [0.15, 0.2) is 0 Å². The summed E-state index contributed by atoms with van der Waals surface area (Å²) in [6.45, 7) is 13.1. The zero-order valence-corrected chi connectivity index (χ0v) is 13.9. The fraction of sp³-hybridized carbons (Fsp3) is 0.684. The molecule has 1 fully saturated rings. The number of nitrogens with zero attached hydrogens (tertiary/aromatic N) is 1. The molecule has 1 atom stereocenters. The van der Waals surface area contributed by atoms with Crippen molar-refractivity contribution >= 4 is 0 Å². The minimum Gasteiger partial charge on any atom is -0.312 e. The quantitative estimate of drug-likeness (QED) is 0.893. The van der Waals surface area contributed by atoms with E-state index in [1.54, 1.807) is 5.56 Å². The van der Waals surface area contributed by atoms with Crippen LogP contribution in [0.15, 0.2) is 24.3 Å². The molecule has 2 aliphatic rings. The van der Waals surface area contributed by atoms with Gasteiger partial charge in [-0.05, 0) is 48.4 Å². The molecule has 1 unspecified atom stereocenters. The summed E-state index contributed by atoms with van der Waals surface area (Å²) in [5.74, 6) is 1.56. The van der Waals surface area contributed by atoms with Crippen LogP contribution < -0.4 is 5.32 Å². The van der Waals surface area contributed by atoms with Crippen LogP contribution in [-0.2, 0) is 6.54 Å². The topological polar surface area (TPSA) is 15.3 Å². The van der Waals surface area contributed by atoms with Crippen molar-refractivity contribution in [3.63, 3.8) is 0 Å². The second kappa shape index (κ2) is 6.10. The smallest absolute Gasteiger partial charge is 0.0208 e. The number of hydrogen-bond acceptors (Lipinski definition) is 2. The monoisotopic (exact) mass is 286 g/mol. The van der Waals surface area contributed by atoms with Gasteiger partial charge in [0.2, 0.25) is 0 Å². The maximum atomic E-state index is 3.59. The molecule has 1 N–H and O–H groups in total. The summed E-state index contributed by atoms with van der Waals surface area (Å²) >= 11 is 0. The molecule has 2 nitrogen and oxygen atoms in total. The van der Waals surface area contributed by atoms with Gasteiger partial charge in [0, 0.05) is 25.6 Å². The third-order valence-electron chi connectivity index (χ3n) is 5.49. The molecular weight excluding hydrogens is 256 g/mol. The standard InChI is InChI=1S/C19H30N2/c1-19(2,3)17-8-10-21(11-9-17)14-16-13-20-12-15-6-4-5-7-18(15)16/h4-7,16-17,20H,8-14H2,1-3H3. The molecule has 3 rings (SSSR count). The van der Waals surface area contributed by atoms with Gasteiger partial charge in [0.1, 0.15) is 0 Å². The molecular formula is C19H30N2. The number of fused-ring (bicyclic) bond motifs is 1. The highest BCUT2D eigenvalue weighted by Crippen LogP contribution is 2.35. The van der Waals surface area contributed by atoms with Crippen molar-refractivity contribution in [1.29, 1.82) is 0 Å². The van der Waals surface area contributed by atoms with Gasteiger partial charge in [-0.15, -0.1) is 0 Å². The van der Waals surface area contributed by atoms with Crippen LogP contribution >= 0.6 is 0 Å². The Morgan fingerprint density at radius 1 is 1.14 bits per heavy atom. The summed E-state index contributed by atoms with van der Waals surface area (Å²) in [4.78, 5) is 2.69. The second-order valence-electron chi connectivity index (χ2n) is 7.97. The molecule has 2 heteroatoms. The van der Waals surface area contributed by atoms with E-state index in [0.717, 1.165) is 19.0 Å². The minimum atomic E-state index is 0.477. The van der Waals surface area contributed by atoms with Gasteiger partial charge in [-0.3, -0.25) is 0 Å². The Kier molecular flexibility index (Phi) is 4.37. The van der Waals surface area contributed by atoms with E-state index >= 15 is 0 Å². The third kappa shape index (κ3) is 3.49. The van der Waals surface area contributed by atoms with E-state index in [2.05, 4.69) is 55.3 Å². The molecule has 0 aromatic heterocycles. The Labute approximate surface area is 129 Å². The van der Waals surface area contributed by atoms with E-state index in [4.69, 9.17) is 0 Å². The van der Waals surface area contributed by atoms with Crippen LogP contribution in [0, 0.1) is 11.3 Å². The van der Waals surface area contributed by atoms with Crippen LogP contribution in [0.4, 0.5) is 0 Å². The maximum absolute atomic E-state index is 3.59. The molecule has 0 amide bonds. The molecule has 0 saturated carbocycles. The second-order valence-corrected chi connectivity index (χ2v) is 7.97. The van der Waals surface area contributed by atoms with Gasteiger partial charge in [0.05, 0.1) is 0 Å². The molecule has 2 heterocycles. The van der Waals surface area contributed by atoms with Gasteiger partial charge >= 0.3 is 0 Å². The molecule has 1 aromatic carbocycles. The normalized spacial score (nSPS) is 24.8. The molecule has 0 radical (unpaired) electrons.